The molecule has 3 nitrogen and oxygen atoms in total. The highest BCUT2D eigenvalue weighted by Gasteiger charge is 2.12. The van der Waals surface area contributed by atoms with E-state index in [2.05, 4.69) is 4.98 Å². The van der Waals surface area contributed by atoms with Crippen LogP contribution >= 0.6 is 12.2 Å². The molecule has 0 aliphatic carbocycles. The minimum atomic E-state index is -0.604. The highest BCUT2D eigenvalue weighted by atomic mass is 32.1. The van der Waals surface area contributed by atoms with Gasteiger partial charge in [0, 0.05) is 18.0 Å². The molecule has 1 heterocycles. The molecule has 6 heteroatoms. The Balaban J connectivity index is 2.38. The van der Waals surface area contributed by atoms with Crippen molar-refractivity contribution in [1.82, 2.24) is 9.55 Å². The second-order valence-electron chi connectivity index (χ2n) is 3.44. The van der Waals surface area contributed by atoms with E-state index in [1.54, 1.807) is 6.20 Å². The second-order valence-corrected chi connectivity index (χ2v) is 3.88. The first kappa shape index (κ1) is 11.7. The number of hydrogen-bond donors (Lipinski definition) is 1. The van der Waals surface area contributed by atoms with Crippen molar-refractivity contribution in [3.8, 4) is 0 Å². The van der Waals surface area contributed by atoms with E-state index in [9.17, 15) is 8.78 Å². The van der Waals surface area contributed by atoms with Gasteiger partial charge in [0.1, 0.15) is 16.6 Å². The molecule has 17 heavy (non-hydrogen) atoms. The maximum absolute atomic E-state index is 13.4. The van der Waals surface area contributed by atoms with Crippen LogP contribution in [0.4, 0.5) is 8.78 Å². The van der Waals surface area contributed by atoms with Gasteiger partial charge < -0.3 is 10.3 Å². The molecular formula is C11H9F2N3S. The molecule has 0 radical (unpaired) electrons. The van der Waals surface area contributed by atoms with Crippen molar-refractivity contribution < 1.29 is 8.78 Å². The predicted octanol–water partition coefficient (Wildman–Crippen LogP) is 1.84. The molecule has 0 saturated heterocycles. The molecule has 0 unspecified atom stereocenters. The van der Waals surface area contributed by atoms with Crippen molar-refractivity contribution in [1.29, 1.82) is 0 Å². The van der Waals surface area contributed by atoms with Crippen LogP contribution < -0.4 is 5.73 Å². The number of nitrogens with zero attached hydrogens (tertiary/aromatic N) is 2. The molecule has 0 amide bonds. The number of halogens is 2. The molecule has 0 atom stereocenters. The van der Waals surface area contributed by atoms with Gasteiger partial charge in [0.25, 0.3) is 0 Å². The van der Waals surface area contributed by atoms with E-state index in [4.69, 9.17) is 18.0 Å². The van der Waals surface area contributed by atoms with Crippen LogP contribution in [0.25, 0.3) is 0 Å². The van der Waals surface area contributed by atoms with Gasteiger partial charge in [0.2, 0.25) is 0 Å². The lowest BCUT2D eigenvalue weighted by Crippen LogP contribution is -2.18. The van der Waals surface area contributed by atoms with E-state index in [0.29, 0.717) is 5.82 Å². The van der Waals surface area contributed by atoms with Crippen molar-refractivity contribution in [3.63, 3.8) is 0 Å². The fraction of sp³-hybridized carbons (Fsp3) is 0.0909. The Kier molecular flexibility index (Phi) is 3.14. The van der Waals surface area contributed by atoms with E-state index in [1.165, 1.54) is 29.0 Å². The monoisotopic (exact) mass is 253 g/mol. The van der Waals surface area contributed by atoms with E-state index < -0.39 is 11.6 Å². The average molecular weight is 253 g/mol. The maximum atomic E-state index is 13.4. The van der Waals surface area contributed by atoms with E-state index in [0.717, 1.165) is 0 Å². The Labute approximate surface area is 102 Å². The first-order chi connectivity index (χ1) is 8.09. The second kappa shape index (κ2) is 4.58. The van der Waals surface area contributed by atoms with Gasteiger partial charge in [0.15, 0.2) is 5.82 Å². The molecule has 2 N–H and O–H groups in total. The Morgan fingerprint density at radius 1 is 1.35 bits per heavy atom. The summed E-state index contributed by atoms with van der Waals surface area (Å²) in [5.74, 6) is -0.872. The molecule has 1 aromatic carbocycles. The first-order valence-electron chi connectivity index (χ1n) is 4.83. The largest absolute Gasteiger partial charge is 0.387 e. The van der Waals surface area contributed by atoms with Gasteiger partial charge in [-0.05, 0) is 12.1 Å². The van der Waals surface area contributed by atoms with Crippen molar-refractivity contribution in [2.24, 2.45) is 5.73 Å². The molecule has 2 rings (SSSR count). The summed E-state index contributed by atoms with van der Waals surface area (Å²) in [5.41, 5.74) is 5.41. The molecule has 0 aliphatic heterocycles. The van der Waals surface area contributed by atoms with Crippen molar-refractivity contribution >= 4 is 17.2 Å². The molecule has 0 saturated carbocycles. The zero-order valence-corrected chi connectivity index (χ0v) is 9.55. The van der Waals surface area contributed by atoms with Crippen LogP contribution in [-0.4, -0.2) is 14.5 Å². The lowest BCUT2D eigenvalue weighted by molar-refractivity contribution is 0.544. The summed E-state index contributed by atoms with van der Waals surface area (Å²) in [5, 5.41) is 0. The molecule has 0 aliphatic rings. The summed E-state index contributed by atoms with van der Waals surface area (Å²) >= 11 is 4.79. The Bertz CT molecular complexity index is 545. The number of benzene rings is 1. The van der Waals surface area contributed by atoms with Gasteiger partial charge in [-0.3, -0.25) is 0 Å². The van der Waals surface area contributed by atoms with E-state index in [-0.39, 0.29) is 17.1 Å². The van der Waals surface area contributed by atoms with Crippen molar-refractivity contribution in [2.75, 3.05) is 0 Å². The molecule has 2 aromatic rings. The average Bonchev–Trinajstić information content (AvgIpc) is 2.72. The van der Waals surface area contributed by atoms with Crippen LogP contribution in [0.5, 0.6) is 0 Å². The quantitative estimate of drug-likeness (QED) is 0.849. The van der Waals surface area contributed by atoms with Gasteiger partial charge in [-0.25, -0.2) is 13.8 Å². The molecule has 0 bridgehead atoms. The summed E-state index contributed by atoms with van der Waals surface area (Å²) in [4.78, 5) is 4.01. The van der Waals surface area contributed by atoms with Crippen LogP contribution in [0.1, 0.15) is 11.4 Å². The fourth-order valence-electron chi connectivity index (χ4n) is 1.52. The van der Waals surface area contributed by atoms with E-state index in [1.807, 2.05) is 0 Å². The summed E-state index contributed by atoms with van der Waals surface area (Å²) < 4.78 is 28.4. The number of nitrogens with two attached hydrogens (primary N) is 1. The molecule has 1 aromatic heterocycles. The lowest BCUT2D eigenvalue weighted by Gasteiger charge is -2.08. The molecule has 88 valence electrons. The Hall–Kier alpha value is -1.82. The predicted molar refractivity (Wildman–Crippen MR) is 63.6 cm³/mol. The normalized spacial score (nSPS) is 10.5. The van der Waals surface area contributed by atoms with Gasteiger partial charge in [-0.15, -0.1) is 0 Å². The zero-order valence-electron chi connectivity index (χ0n) is 8.73. The van der Waals surface area contributed by atoms with Crippen LogP contribution in [0, 0.1) is 11.6 Å². The highest BCUT2D eigenvalue weighted by Crippen LogP contribution is 2.14. The van der Waals surface area contributed by atoms with Gasteiger partial charge in [-0.1, -0.05) is 18.3 Å². The summed E-state index contributed by atoms with van der Waals surface area (Å²) in [6, 6.07) is 3.72. The molecular weight excluding hydrogens is 244 g/mol. The zero-order chi connectivity index (χ0) is 12.4. The number of rotatable bonds is 3. The molecule has 0 fully saturated rings. The topological polar surface area (TPSA) is 43.8 Å². The fourth-order valence-corrected chi connectivity index (χ4v) is 1.69. The molecule has 0 spiro atoms. The minimum Gasteiger partial charge on any atom is -0.387 e. The van der Waals surface area contributed by atoms with Gasteiger partial charge in [-0.2, -0.15) is 0 Å². The number of imidazole rings is 1. The van der Waals surface area contributed by atoms with Gasteiger partial charge in [0.05, 0.1) is 6.54 Å². The van der Waals surface area contributed by atoms with Crippen LogP contribution in [-0.2, 0) is 6.54 Å². The first-order valence-corrected chi connectivity index (χ1v) is 5.24. The van der Waals surface area contributed by atoms with Gasteiger partial charge >= 0.3 is 0 Å². The minimum absolute atomic E-state index is 0.00514. The number of thiocarbonyl (C=S) groups is 1. The lowest BCUT2D eigenvalue weighted by atomic mass is 10.2. The third-order valence-corrected chi connectivity index (χ3v) is 2.51. The standard InChI is InChI=1S/C11H9F2N3S/c12-8-2-1-3-9(13)7(8)6-16-5-4-15-11(16)10(14)17/h1-5H,6H2,(H2,14,17). The van der Waals surface area contributed by atoms with Crippen LogP contribution in [0.3, 0.4) is 0 Å². The number of aromatic nitrogens is 2. The third kappa shape index (κ3) is 2.31. The van der Waals surface area contributed by atoms with Crippen LogP contribution in [0.2, 0.25) is 0 Å². The number of hydrogen-bond acceptors (Lipinski definition) is 2. The van der Waals surface area contributed by atoms with E-state index >= 15 is 0 Å². The Morgan fingerprint density at radius 2 is 2.00 bits per heavy atom. The van der Waals surface area contributed by atoms with Crippen molar-refractivity contribution in [2.45, 2.75) is 6.54 Å². The Morgan fingerprint density at radius 3 is 2.59 bits per heavy atom. The summed E-state index contributed by atoms with van der Waals surface area (Å²) in [6.07, 6.45) is 3.05. The smallest absolute Gasteiger partial charge is 0.167 e. The summed E-state index contributed by atoms with van der Waals surface area (Å²) in [6.45, 7) is 0.00514. The van der Waals surface area contributed by atoms with Crippen molar-refractivity contribution in [3.05, 3.63) is 53.6 Å². The summed E-state index contributed by atoms with van der Waals surface area (Å²) in [7, 11) is 0. The third-order valence-electron chi connectivity index (χ3n) is 2.33. The SMILES string of the molecule is NC(=S)c1nccn1Cc1c(F)cccc1F. The maximum Gasteiger partial charge on any atom is 0.167 e. The van der Waals surface area contributed by atoms with Crippen LogP contribution in [0.15, 0.2) is 30.6 Å². The highest BCUT2D eigenvalue weighted by molar-refractivity contribution is 7.80.